The fraction of sp³-hybridized carbons (Fsp3) is 0.188. The molecular formula is C16H16N4O3S. The summed E-state index contributed by atoms with van der Waals surface area (Å²) in [6, 6.07) is 7.82. The first-order valence-corrected chi connectivity index (χ1v) is 8.15. The summed E-state index contributed by atoms with van der Waals surface area (Å²) in [5.41, 5.74) is 7.15. The molecule has 1 atom stereocenters. The molecule has 0 aliphatic carbocycles. The van der Waals surface area contributed by atoms with Crippen LogP contribution in [0.2, 0.25) is 0 Å². The zero-order valence-electron chi connectivity index (χ0n) is 12.9. The van der Waals surface area contributed by atoms with E-state index in [9.17, 15) is 9.59 Å². The van der Waals surface area contributed by atoms with Gasteiger partial charge in [-0.25, -0.2) is 9.78 Å². The van der Waals surface area contributed by atoms with Crippen LogP contribution in [-0.2, 0) is 4.79 Å². The number of hydrogen-bond acceptors (Lipinski definition) is 5. The van der Waals surface area contributed by atoms with Gasteiger partial charge < -0.3 is 20.8 Å². The van der Waals surface area contributed by atoms with Crippen LogP contribution in [0.1, 0.15) is 23.2 Å². The summed E-state index contributed by atoms with van der Waals surface area (Å²) >= 11 is 1.45. The Morgan fingerprint density at radius 3 is 2.92 bits per heavy atom. The SMILES string of the molecule is Cc1nc2cc(NC(=O)CC(NC(N)=O)c3cccs3)ccc2o1. The van der Waals surface area contributed by atoms with E-state index in [2.05, 4.69) is 15.6 Å². The molecule has 0 aliphatic rings. The molecule has 0 spiro atoms. The van der Waals surface area contributed by atoms with Crippen molar-refractivity contribution in [2.24, 2.45) is 5.73 Å². The topological polar surface area (TPSA) is 110 Å². The van der Waals surface area contributed by atoms with E-state index in [1.807, 2.05) is 17.5 Å². The number of nitrogens with two attached hydrogens (primary N) is 1. The third-order valence-electron chi connectivity index (χ3n) is 3.37. The van der Waals surface area contributed by atoms with Crippen molar-refractivity contribution in [3.05, 3.63) is 46.5 Å². The van der Waals surface area contributed by atoms with Crippen LogP contribution < -0.4 is 16.4 Å². The van der Waals surface area contributed by atoms with Crippen molar-refractivity contribution in [1.82, 2.24) is 10.3 Å². The van der Waals surface area contributed by atoms with Gasteiger partial charge in [-0.2, -0.15) is 0 Å². The number of hydrogen-bond donors (Lipinski definition) is 3. The van der Waals surface area contributed by atoms with E-state index in [1.54, 1.807) is 25.1 Å². The predicted octanol–water partition coefficient (Wildman–Crippen LogP) is 2.94. The minimum Gasteiger partial charge on any atom is -0.441 e. The number of thiophene rings is 1. The van der Waals surface area contributed by atoms with E-state index in [0.717, 1.165) is 4.88 Å². The van der Waals surface area contributed by atoms with E-state index < -0.39 is 12.1 Å². The minimum atomic E-state index is -0.666. The Balaban J connectivity index is 1.71. The fourth-order valence-corrected chi connectivity index (χ4v) is 3.18. The van der Waals surface area contributed by atoms with Crippen LogP contribution in [0, 0.1) is 6.92 Å². The second-order valence-corrected chi connectivity index (χ2v) is 6.22. The number of primary amides is 1. The van der Waals surface area contributed by atoms with Gasteiger partial charge in [-0.3, -0.25) is 4.79 Å². The number of aromatic nitrogens is 1. The molecule has 2 heterocycles. The average Bonchev–Trinajstić information content (AvgIpc) is 3.13. The predicted molar refractivity (Wildman–Crippen MR) is 91.8 cm³/mol. The van der Waals surface area contributed by atoms with Crippen LogP contribution in [0.3, 0.4) is 0 Å². The van der Waals surface area contributed by atoms with Crippen LogP contribution in [0.4, 0.5) is 10.5 Å². The van der Waals surface area contributed by atoms with Crippen molar-refractivity contribution in [3.63, 3.8) is 0 Å². The van der Waals surface area contributed by atoms with Gasteiger partial charge in [0.2, 0.25) is 5.91 Å². The van der Waals surface area contributed by atoms with Crippen LogP contribution in [0.5, 0.6) is 0 Å². The number of amides is 3. The quantitative estimate of drug-likeness (QED) is 0.661. The molecule has 0 saturated heterocycles. The maximum atomic E-state index is 12.3. The molecule has 4 N–H and O–H groups in total. The summed E-state index contributed by atoms with van der Waals surface area (Å²) in [6.07, 6.45) is 0.0827. The van der Waals surface area contributed by atoms with Crippen LogP contribution in [-0.4, -0.2) is 16.9 Å². The molecule has 1 aromatic carbocycles. The second kappa shape index (κ2) is 6.71. The van der Waals surface area contributed by atoms with Crippen molar-refractivity contribution in [2.75, 3.05) is 5.32 Å². The number of urea groups is 1. The average molecular weight is 344 g/mol. The molecule has 3 rings (SSSR count). The maximum absolute atomic E-state index is 12.3. The van der Waals surface area contributed by atoms with E-state index in [4.69, 9.17) is 10.2 Å². The zero-order valence-corrected chi connectivity index (χ0v) is 13.7. The van der Waals surface area contributed by atoms with Crippen molar-refractivity contribution in [2.45, 2.75) is 19.4 Å². The van der Waals surface area contributed by atoms with Crippen molar-refractivity contribution in [1.29, 1.82) is 0 Å². The number of fused-ring (bicyclic) bond motifs is 1. The number of carbonyl (C=O) groups excluding carboxylic acids is 2. The summed E-state index contributed by atoms with van der Waals surface area (Å²) in [5, 5.41) is 7.27. The summed E-state index contributed by atoms with van der Waals surface area (Å²) in [6.45, 7) is 1.76. The van der Waals surface area contributed by atoms with Crippen LogP contribution in [0.25, 0.3) is 11.1 Å². The number of benzene rings is 1. The first-order chi connectivity index (χ1) is 11.5. The lowest BCUT2D eigenvalue weighted by Gasteiger charge is -2.15. The molecule has 1 unspecified atom stereocenters. The van der Waals surface area contributed by atoms with Gasteiger partial charge in [-0.1, -0.05) is 6.07 Å². The highest BCUT2D eigenvalue weighted by Crippen LogP contribution is 2.24. The molecule has 3 amide bonds. The van der Waals surface area contributed by atoms with Crippen molar-refractivity contribution < 1.29 is 14.0 Å². The van der Waals surface area contributed by atoms with Gasteiger partial charge in [0, 0.05) is 17.5 Å². The lowest BCUT2D eigenvalue weighted by atomic mass is 10.1. The van der Waals surface area contributed by atoms with Gasteiger partial charge in [-0.05, 0) is 29.6 Å². The highest BCUT2D eigenvalue weighted by molar-refractivity contribution is 7.10. The van der Waals surface area contributed by atoms with Crippen molar-refractivity contribution >= 4 is 40.1 Å². The van der Waals surface area contributed by atoms with E-state index in [1.165, 1.54) is 11.3 Å². The molecule has 7 nitrogen and oxygen atoms in total. The third-order valence-corrected chi connectivity index (χ3v) is 4.36. The number of carbonyl (C=O) groups is 2. The molecular weight excluding hydrogens is 328 g/mol. The zero-order chi connectivity index (χ0) is 17.1. The summed E-state index contributed by atoms with van der Waals surface area (Å²) in [7, 11) is 0. The number of oxazole rings is 1. The maximum Gasteiger partial charge on any atom is 0.312 e. The highest BCUT2D eigenvalue weighted by Gasteiger charge is 2.18. The monoisotopic (exact) mass is 344 g/mol. The standard InChI is InChI=1S/C16H16N4O3S/c1-9-18-11-7-10(4-5-13(11)23-9)19-15(21)8-12(20-16(17)22)14-3-2-6-24-14/h2-7,12H,8H2,1H3,(H,19,21)(H3,17,20,22). The van der Waals surface area contributed by atoms with Gasteiger partial charge in [0.05, 0.1) is 12.5 Å². The molecule has 24 heavy (non-hydrogen) atoms. The second-order valence-electron chi connectivity index (χ2n) is 5.24. The summed E-state index contributed by atoms with van der Waals surface area (Å²) in [5.74, 6) is 0.332. The number of nitrogens with one attached hydrogen (secondary N) is 2. The molecule has 2 aromatic heterocycles. The molecule has 0 fully saturated rings. The lowest BCUT2D eigenvalue weighted by molar-refractivity contribution is -0.116. The van der Waals surface area contributed by atoms with Gasteiger partial charge in [0.25, 0.3) is 0 Å². The highest BCUT2D eigenvalue weighted by atomic mass is 32.1. The summed E-state index contributed by atoms with van der Waals surface area (Å²) in [4.78, 5) is 28.6. The number of nitrogens with zero attached hydrogens (tertiary/aromatic N) is 1. The molecule has 0 bridgehead atoms. The fourth-order valence-electron chi connectivity index (χ4n) is 2.40. The molecule has 0 aliphatic heterocycles. The van der Waals surface area contributed by atoms with Crippen LogP contribution in [0.15, 0.2) is 40.1 Å². The van der Waals surface area contributed by atoms with E-state index >= 15 is 0 Å². The Morgan fingerprint density at radius 1 is 1.38 bits per heavy atom. The Hall–Kier alpha value is -2.87. The third kappa shape index (κ3) is 3.72. The Morgan fingerprint density at radius 2 is 2.21 bits per heavy atom. The van der Waals surface area contributed by atoms with Gasteiger partial charge >= 0.3 is 6.03 Å². The van der Waals surface area contributed by atoms with Gasteiger partial charge in [-0.15, -0.1) is 11.3 Å². The molecule has 8 heteroatoms. The van der Waals surface area contributed by atoms with Crippen molar-refractivity contribution in [3.8, 4) is 0 Å². The largest absolute Gasteiger partial charge is 0.441 e. The Bertz CT molecular complexity index is 873. The van der Waals surface area contributed by atoms with Gasteiger partial charge in [0.15, 0.2) is 11.5 Å². The molecule has 0 saturated carbocycles. The number of anilines is 1. The Labute approximate surface area is 141 Å². The first-order valence-electron chi connectivity index (χ1n) is 7.27. The Kier molecular flexibility index (Phi) is 4.48. The van der Waals surface area contributed by atoms with E-state index in [0.29, 0.717) is 22.7 Å². The number of aryl methyl sites for hydroxylation is 1. The minimum absolute atomic E-state index is 0.0827. The molecule has 0 radical (unpaired) electrons. The molecule has 124 valence electrons. The van der Waals surface area contributed by atoms with Crippen LogP contribution >= 0.6 is 11.3 Å². The lowest BCUT2D eigenvalue weighted by Crippen LogP contribution is -2.34. The molecule has 3 aromatic rings. The normalized spacial score (nSPS) is 12.0. The smallest absolute Gasteiger partial charge is 0.312 e. The van der Waals surface area contributed by atoms with E-state index in [-0.39, 0.29) is 12.3 Å². The number of rotatable bonds is 5. The summed E-state index contributed by atoms with van der Waals surface area (Å²) < 4.78 is 5.40. The first kappa shape index (κ1) is 16.0. The van der Waals surface area contributed by atoms with Gasteiger partial charge in [0.1, 0.15) is 5.52 Å².